The molecule has 4 aromatic rings. The van der Waals surface area contributed by atoms with E-state index in [9.17, 15) is 12.8 Å². The molecule has 1 saturated heterocycles. The predicted octanol–water partition coefficient (Wildman–Crippen LogP) is 6.51. The van der Waals surface area contributed by atoms with Crippen LogP contribution < -0.4 is 14.8 Å². The van der Waals surface area contributed by atoms with Gasteiger partial charge in [0.25, 0.3) is 10.1 Å². The summed E-state index contributed by atoms with van der Waals surface area (Å²) in [5, 5.41) is 12.5. The first-order valence-corrected chi connectivity index (χ1v) is 19.0. The third kappa shape index (κ3) is 11.8. The van der Waals surface area contributed by atoms with Crippen LogP contribution in [0, 0.1) is 17.1 Å². The molecular formula is C40H48FN3O7S. The van der Waals surface area contributed by atoms with Gasteiger partial charge in [-0.05, 0) is 99.1 Å². The Hall–Kier alpha value is -4.35. The van der Waals surface area contributed by atoms with Crippen LogP contribution in [-0.2, 0) is 31.8 Å². The minimum absolute atomic E-state index is 0.0270. The van der Waals surface area contributed by atoms with Gasteiger partial charge in [0.15, 0.2) is 17.6 Å². The third-order valence-corrected chi connectivity index (χ3v) is 8.41. The van der Waals surface area contributed by atoms with Gasteiger partial charge in [0.2, 0.25) is 0 Å². The fraction of sp³-hybridized carbons (Fsp3) is 0.375. The Morgan fingerprint density at radius 2 is 1.71 bits per heavy atom. The van der Waals surface area contributed by atoms with Crippen LogP contribution in [0.4, 0.5) is 4.39 Å². The van der Waals surface area contributed by atoms with Crippen LogP contribution in [0.1, 0.15) is 53.7 Å². The van der Waals surface area contributed by atoms with Crippen molar-refractivity contribution in [2.45, 2.75) is 44.2 Å². The van der Waals surface area contributed by atoms with E-state index in [-0.39, 0.29) is 18.0 Å². The van der Waals surface area contributed by atoms with Gasteiger partial charge in [-0.2, -0.15) is 13.7 Å². The Bertz CT molecular complexity index is 1840. The van der Waals surface area contributed by atoms with Crippen molar-refractivity contribution in [3.63, 3.8) is 0 Å². The van der Waals surface area contributed by atoms with E-state index in [1.54, 1.807) is 12.1 Å². The average Bonchev–Trinajstić information content (AvgIpc) is 3.50. The van der Waals surface area contributed by atoms with Gasteiger partial charge >= 0.3 is 0 Å². The Labute approximate surface area is 306 Å². The summed E-state index contributed by atoms with van der Waals surface area (Å²) in [5.41, 5.74) is 4.28. The van der Waals surface area contributed by atoms with Crippen molar-refractivity contribution in [3.05, 3.63) is 131 Å². The second-order valence-electron chi connectivity index (χ2n) is 12.7. The molecule has 0 amide bonds. The van der Waals surface area contributed by atoms with E-state index in [2.05, 4.69) is 28.4 Å². The standard InChI is InChI=1S/C20H21FN2O.C19H23NO3.CH4O3S/c1-23(2)11-3-10-20(17-5-7-18(21)8-6-17)19-9-4-15(13-22)12-16(19)14-24-20;1-2-21-16-10-6-7-11-17(16)23-19(15-8-4-3-5-9-15)18-14-20-12-13-22-18;1-5(2,3)4/h4-9,12H,3,10-11,14H2,1-2H3;3-11,18-20H,2,12-14H2,1H3;1H3,(H,2,3,4)/t;18-,19-;/m.0./s1. The van der Waals surface area contributed by atoms with E-state index in [1.807, 2.05) is 81.7 Å². The number of ether oxygens (including phenoxy) is 4. The van der Waals surface area contributed by atoms with Gasteiger partial charge in [-0.1, -0.05) is 60.7 Å². The number of para-hydroxylation sites is 2. The summed E-state index contributed by atoms with van der Waals surface area (Å²) in [6.07, 6.45) is 2.29. The molecule has 3 atom stereocenters. The highest BCUT2D eigenvalue weighted by Gasteiger charge is 2.41. The molecule has 6 rings (SSSR count). The van der Waals surface area contributed by atoms with Gasteiger partial charge in [-0.15, -0.1) is 0 Å². The lowest BCUT2D eigenvalue weighted by Crippen LogP contribution is -2.43. The molecular weight excluding hydrogens is 686 g/mol. The summed E-state index contributed by atoms with van der Waals surface area (Å²) in [4.78, 5) is 2.15. The maximum atomic E-state index is 13.4. The summed E-state index contributed by atoms with van der Waals surface area (Å²) >= 11 is 0. The zero-order valence-corrected chi connectivity index (χ0v) is 30.9. The summed E-state index contributed by atoms with van der Waals surface area (Å²) in [6.45, 7) is 6.37. The molecule has 1 unspecified atom stereocenters. The molecule has 10 nitrogen and oxygen atoms in total. The Morgan fingerprint density at radius 3 is 2.33 bits per heavy atom. The molecule has 0 aromatic heterocycles. The van der Waals surface area contributed by atoms with Crippen LogP contribution in [-0.4, -0.2) is 77.2 Å². The van der Waals surface area contributed by atoms with Crippen molar-refractivity contribution in [1.82, 2.24) is 10.2 Å². The number of benzene rings is 4. The first-order chi connectivity index (χ1) is 24.9. The van der Waals surface area contributed by atoms with Gasteiger partial charge in [-0.25, -0.2) is 4.39 Å². The lowest BCUT2D eigenvalue weighted by Gasteiger charge is -2.32. The first-order valence-electron chi connectivity index (χ1n) is 17.2. The Morgan fingerprint density at radius 1 is 1.04 bits per heavy atom. The van der Waals surface area contributed by atoms with Gasteiger partial charge in [0.1, 0.15) is 17.5 Å². The molecule has 12 heteroatoms. The summed E-state index contributed by atoms with van der Waals surface area (Å²) in [6, 6.07) is 32.4. The van der Waals surface area contributed by atoms with Crippen molar-refractivity contribution >= 4 is 10.1 Å². The molecule has 0 radical (unpaired) electrons. The van der Waals surface area contributed by atoms with Crippen LogP contribution in [0.2, 0.25) is 0 Å². The number of nitrogens with one attached hydrogen (secondary N) is 1. The van der Waals surface area contributed by atoms with Crippen molar-refractivity contribution in [2.75, 3.05) is 53.2 Å². The summed E-state index contributed by atoms with van der Waals surface area (Å²) < 4.78 is 63.5. The number of rotatable bonds is 11. The zero-order valence-electron chi connectivity index (χ0n) is 30.1. The minimum Gasteiger partial charge on any atom is -0.490 e. The molecule has 278 valence electrons. The number of fused-ring (bicyclic) bond motifs is 1. The molecule has 0 aliphatic carbocycles. The molecule has 1 fully saturated rings. The summed E-state index contributed by atoms with van der Waals surface area (Å²) in [7, 11) is 0.431. The fourth-order valence-electron chi connectivity index (χ4n) is 6.15. The first kappa shape index (κ1) is 40.4. The molecule has 4 aromatic carbocycles. The highest BCUT2D eigenvalue weighted by molar-refractivity contribution is 7.85. The molecule has 0 saturated carbocycles. The summed E-state index contributed by atoms with van der Waals surface area (Å²) in [5.74, 6) is 1.26. The van der Waals surface area contributed by atoms with Crippen molar-refractivity contribution < 1.29 is 36.3 Å². The van der Waals surface area contributed by atoms with Crippen LogP contribution in [0.3, 0.4) is 0 Å². The highest BCUT2D eigenvalue weighted by Crippen LogP contribution is 2.45. The number of morpholine rings is 1. The number of nitrogens with zero attached hydrogens (tertiary/aromatic N) is 2. The van der Waals surface area contributed by atoms with E-state index in [0.29, 0.717) is 31.6 Å². The number of nitriles is 1. The average molecular weight is 734 g/mol. The van der Waals surface area contributed by atoms with E-state index >= 15 is 0 Å². The topological polar surface area (TPSA) is 130 Å². The van der Waals surface area contributed by atoms with Crippen LogP contribution >= 0.6 is 0 Å². The molecule has 2 heterocycles. The van der Waals surface area contributed by atoms with Crippen LogP contribution in [0.5, 0.6) is 11.5 Å². The van der Waals surface area contributed by atoms with E-state index in [0.717, 1.165) is 66.2 Å². The maximum Gasteiger partial charge on any atom is 0.261 e. The quantitative estimate of drug-likeness (QED) is 0.165. The monoisotopic (exact) mass is 733 g/mol. The smallest absolute Gasteiger partial charge is 0.261 e. The molecule has 2 aliphatic heterocycles. The Kier molecular flexibility index (Phi) is 15.1. The van der Waals surface area contributed by atoms with Gasteiger partial charge < -0.3 is 29.2 Å². The zero-order chi connectivity index (χ0) is 37.6. The van der Waals surface area contributed by atoms with Crippen LogP contribution in [0.15, 0.2) is 97.1 Å². The normalized spacial score (nSPS) is 18.5. The molecule has 0 bridgehead atoms. The van der Waals surface area contributed by atoms with Gasteiger partial charge in [0, 0.05) is 13.1 Å². The minimum atomic E-state index is -3.67. The van der Waals surface area contributed by atoms with Crippen LogP contribution in [0.25, 0.3) is 0 Å². The lowest BCUT2D eigenvalue weighted by atomic mass is 9.81. The molecule has 52 heavy (non-hydrogen) atoms. The fourth-order valence-corrected chi connectivity index (χ4v) is 6.15. The third-order valence-electron chi connectivity index (χ3n) is 8.41. The largest absolute Gasteiger partial charge is 0.490 e. The van der Waals surface area contributed by atoms with E-state index in [1.165, 1.54) is 12.1 Å². The number of hydrogen-bond donors (Lipinski definition) is 2. The molecule has 2 N–H and O–H groups in total. The van der Waals surface area contributed by atoms with Gasteiger partial charge in [0.05, 0.1) is 37.7 Å². The van der Waals surface area contributed by atoms with Crippen molar-refractivity contribution in [1.29, 1.82) is 5.26 Å². The second-order valence-corrected chi connectivity index (χ2v) is 14.2. The SMILES string of the molecule is CCOc1ccccc1O[C@@H](c1ccccc1)[C@@H]1CNCCO1.CN(C)CCCC1(c2ccc(F)cc2)OCc2cc(C#N)ccc21.CS(=O)(=O)O. The molecule has 0 spiro atoms. The molecule has 2 aliphatic rings. The van der Waals surface area contributed by atoms with E-state index < -0.39 is 15.7 Å². The maximum absolute atomic E-state index is 13.4. The lowest BCUT2D eigenvalue weighted by molar-refractivity contribution is -0.0439. The van der Waals surface area contributed by atoms with E-state index in [4.69, 9.17) is 28.8 Å². The Balaban J connectivity index is 0.000000206. The number of hydrogen-bond acceptors (Lipinski definition) is 9. The second kappa shape index (κ2) is 19.5. The highest BCUT2D eigenvalue weighted by atomic mass is 32.2. The number of halogens is 1. The van der Waals surface area contributed by atoms with Gasteiger partial charge in [-0.3, -0.25) is 4.55 Å². The van der Waals surface area contributed by atoms with Crippen molar-refractivity contribution in [3.8, 4) is 17.6 Å². The predicted molar refractivity (Wildman–Crippen MR) is 198 cm³/mol. The van der Waals surface area contributed by atoms with Crippen molar-refractivity contribution in [2.24, 2.45) is 0 Å².